The van der Waals surface area contributed by atoms with E-state index in [0.717, 1.165) is 0 Å². The second kappa shape index (κ2) is 5.85. The Bertz CT molecular complexity index is 468. The van der Waals surface area contributed by atoms with Crippen molar-refractivity contribution in [3.63, 3.8) is 0 Å². The van der Waals surface area contributed by atoms with Gasteiger partial charge in [0, 0.05) is 0 Å². The van der Waals surface area contributed by atoms with E-state index >= 15 is 0 Å². The summed E-state index contributed by atoms with van der Waals surface area (Å²) in [5.74, 6) is -0.414. The van der Waals surface area contributed by atoms with Gasteiger partial charge in [-0.15, -0.1) is 0 Å². The predicted octanol–water partition coefficient (Wildman–Crippen LogP) is 2.67. The molecule has 0 bridgehead atoms. The molecule has 6 heteroatoms. The molecule has 4 nitrogen and oxygen atoms in total. The highest BCUT2D eigenvalue weighted by Crippen LogP contribution is 2.16. The molecular weight excluding hydrogens is 261 g/mol. The molecule has 17 heavy (non-hydrogen) atoms. The Morgan fingerprint density at radius 2 is 2.12 bits per heavy atom. The van der Waals surface area contributed by atoms with E-state index in [0.29, 0.717) is 0 Å². The number of hydrogen-bond donors (Lipinski definition) is 1. The average molecular weight is 272 g/mol. The SMILES string of the molecule is CC(C)C(C#N)NC(=O)c1ccc(Cl)nc1Cl. The van der Waals surface area contributed by atoms with Crippen molar-refractivity contribution >= 4 is 29.1 Å². The molecule has 0 aromatic carbocycles. The molecule has 1 atom stereocenters. The number of carbonyl (C=O) groups excluding carboxylic acids is 1. The number of amides is 1. The van der Waals surface area contributed by atoms with Crippen LogP contribution in [-0.4, -0.2) is 16.9 Å². The van der Waals surface area contributed by atoms with Crippen molar-refractivity contribution in [3.8, 4) is 6.07 Å². The minimum absolute atomic E-state index is 0.0167. The molecule has 1 rings (SSSR count). The number of carbonyl (C=O) groups is 1. The lowest BCUT2D eigenvalue weighted by atomic mass is 10.1. The molecule has 0 saturated heterocycles. The Morgan fingerprint density at radius 3 is 2.59 bits per heavy atom. The van der Waals surface area contributed by atoms with Gasteiger partial charge in [0.1, 0.15) is 16.3 Å². The smallest absolute Gasteiger partial charge is 0.255 e. The van der Waals surface area contributed by atoms with Gasteiger partial charge in [-0.3, -0.25) is 4.79 Å². The molecule has 0 aliphatic rings. The summed E-state index contributed by atoms with van der Waals surface area (Å²) < 4.78 is 0. The van der Waals surface area contributed by atoms with Crippen LogP contribution in [0.1, 0.15) is 24.2 Å². The molecule has 0 radical (unpaired) electrons. The zero-order chi connectivity index (χ0) is 13.0. The lowest BCUT2D eigenvalue weighted by Gasteiger charge is -2.15. The van der Waals surface area contributed by atoms with E-state index in [9.17, 15) is 4.79 Å². The number of halogens is 2. The quantitative estimate of drug-likeness (QED) is 0.860. The highest BCUT2D eigenvalue weighted by molar-refractivity contribution is 6.34. The van der Waals surface area contributed by atoms with Crippen LogP contribution in [0.5, 0.6) is 0 Å². The van der Waals surface area contributed by atoms with E-state index in [-0.39, 0.29) is 21.8 Å². The van der Waals surface area contributed by atoms with Crippen LogP contribution in [0.25, 0.3) is 0 Å². The van der Waals surface area contributed by atoms with E-state index < -0.39 is 11.9 Å². The summed E-state index contributed by atoms with van der Waals surface area (Å²) >= 11 is 11.4. The second-order valence-electron chi connectivity index (χ2n) is 3.80. The molecule has 0 saturated carbocycles. The molecular formula is C11H11Cl2N3O. The lowest BCUT2D eigenvalue weighted by Crippen LogP contribution is -2.37. The van der Waals surface area contributed by atoms with E-state index in [1.165, 1.54) is 12.1 Å². The highest BCUT2D eigenvalue weighted by Gasteiger charge is 2.18. The Labute approximate surface area is 110 Å². The van der Waals surface area contributed by atoms with E-state index in [2.05, 4.69) is 10.3 Å². The summed E-state index contributed by atoms with van der Waals surface area (Å²) in [5, 5.41) is 11.7. The van der Waals surface area contributed by atoms with Crippen molar-refractivity contribution < 1.29 is 4.79 Å². The van der Waals surface area contributed by atoms with Crippen molar-refractivity contribution in [3.05, 3.63) is 28.0 Å². The summed E-state index contributed by atoms with van der Waals surface area (Å²) in [6.45, 7) is 3.69. The topological polar surface area (TPSA) is 65.8 Å². The number of nitriles is 1. The van der Waals surface area contributed by atoms with Gasteiger partial charge in [-0.05, 0) is 18.1 Å². The third-order valence-electron chi connectivity index (χ3n) is 2.15. The van der Waals surface area contributed by atoms with Crippen LogP contribution in [0.2, 0.25) is 10.3 Å². The fraction of sp³-hybridized carbons (Fsp3) is 0.364. The first-order valence-electron chi connectivity index (χ1n) is 4.98. The number of aromatic nitrogens is 1. The summed E-state index contributed by atoms with van der Waals surface area (Å²) in [5.41, 5.74) is 0.206. The molecule has 1 N–H and O–H groups in total. The van der Waals surface area contributed by atoms with Crippen molar-refractivity contribution in [1.82, 2.24) is 10.3 Å². The average Bonchev–Trinajstić information content (AvgIpc) is 2.24. The van der Waals surface area contributed by atoms with Crippen LogP contribution >= 0.6 is 23.2 Å². The zero-order valence-electron chi connectivity index (χ0n) is 9.37. The summed E-state index contributed by atoms with van der Waals surface area (Å²) in [6.07, 6.45) is 0. The van der Waals surface area contributed by atoms with Crippen molar-refractivity contribution in [2.75, 3.05) is 0 Å². The fourth-order valence-corrected chi connectivity index (χ4v) is 1.58. The normalized spacial score (nSPS) is 12.0. The molecule has 0 fully saturated rings. The Balaban J connectivity index is 2.87. The largest absolute Gasteiger partial charge is 0.336 e. The van der Waals surface area contributed by atoms with Gasteiger partial charge >= 0.3 is 0 Å². The van der Waals surface area contributed by atoms with Crippen LogP contribution in [0.3, 0.4) is 0 Å². The molecule has 0 aliphatic heterocycles. The first-order chi connectivity index (χ1) is 7.95. The maximum absolute atomic E-state index is 11.8. The number of pyridine rings is 1. The predicted molar refractivity (Wildman–Crippen MR) is 66.0 cm³/mol. The van der Waals surface area contributed by atoms with Crippen LogP contribution < -0.4 is 5.32 Å². The van der Waals surface area contributed by atoms with Crippen molar-refractivity contribution in [2.24, 2.45) is 5.92 Å². The van der Waals surface area contributed by atoms with Crippen molar-refractivity contribution in [1.29, 1.82) is 5.26 Å². The van der Waals surface area contributed by atoms with Crippen LogP contribution in [0.15, 0.2) is 12.1 Å². The van der Waals surface area contributed by atoms with Crippen LogP contribution in [0, 0.1) is 17.2 Å². The van der Waals surface area contributed by atoms with E-state index in [4.69, 9.17) is 28.5 Å². The molecule has 0 aliphatic carbocycles. The van der Waals surface area contributed by atoms with E-state index in [1.807, 2.05) is 19.9 Å². The van der Waals surface area contributed by atoms with Gasteiger partial charge in [0.05, 0.1) is 11.6 Å². The highest BCUT2D eigenvalue weighted by atomic mass is 35.5. The van der Waals surface area contributed by atoms with Crippen LogP contribution in [-0.2, 0) is 0 Å². The number of nitrogens with zero attached hydrogens (tertiary/aromatic N) is 2. The minimum Gasteiger partial charge on any atom is -0.336 e. The summed E-state index contributed by atoms with van der Waals surface area (Å²) in [6, 6.07) is 4.40. The van der Waals surface area contributed by atoms with Gasteiger partial charge in [-0.2, -0.15) is 5.26 Å². The Hall–Kier alpha value is -1.31. The van der Waals surface area contributed by atoms with Crippen LogP contribution in [0.4, 0.5) is 0 Å². The van der Waals surface area contributed by atoms with Gasteiger partial charge in [0.15, 0.2) is 0 Å². The molecule has 0 spiro atoms. The first-order valence-corrected chi connectivity index (χ1v) is 5.73. The third-order valence-corrected chi connectivity index (χ3v) is 2.65. The maximum atomic E-state index is 11.8. The Morgan fingerprint density at radius 1 is 1.47 bits per heavy atom. The maximum Gasteiger partial charge on any atom is 0.255 e. The van der Waals surface area contributed by atoms with Gasteiger partial charge in [-0.1, -0.05) is 37.0 Å². The molecule has 1 amide bonds. The first kappa shape index (κ1) is 13.8. The van der Waals surface area contributed by atoms with Gasteiger partial charge in [0.2, 0.25) is 0 Å². The third kappa shape index (κ3) is 3.58. The monoisotopic (exact) mass is 271 g/mol. The van der Waals surface area contributed by atoms with Gasteiger partial charge < -0.3 is 5.32 Å². The number of hydrogen-bond acceptors (Lipinski definition) is 3. The van der Waals surface area contributed by atoms with Gasteiger partial charge in [0.25, 0.3) is 5.91 Å². The van der Waals surface area contributed by atoms with E-state index in [1.54, 1.807) is 0 Å². The Kier molecular flexibility index (Phi) is 4.73. The summed E-state index contributed by atoms with van der Waals surface area (Å²) in [7, 11) is 0. The zero-order valence-corrected chi connectivity index (χ0v) is 10.9. The molecule has 1 unspecified atom stereocenters. The molecule has 1 heterocycles. The summed E-state index contributed by atoms with van der Waals surface area (Å²) in [4.78, 5) is 15.6. The minimum atomic E-state index is -0.561. The number of nitrogens with one attached hydrogen (secondary N) is 1. The number of rotatable bonds is 3. The second-order valence-corrected chi connectivity index (χ2v) is 4.54. The fourth-order valence-electron chi connectivity index (χ4n) is 1.15. The molecule has 90 valence electrons. The van der Waals surface area contributed by atoms with Crippen molar-refractivity contribution in [2.45, 2.75) is 19.9 Å². The lowest BCUT2D eigenvalue weighted by molar-refractivity contribution is 0.0937. The standard InChI is InChI=1S/C11H11Cl2N3O/c1-6(2)8(5-14)15-11(17)7-3-4-9(12)16-10(7)13/h3-4,6,8H,1-2H3,(H,15,17). The molecule has 1 aromatic heterocycles. The van der Waals surface area contributed by atoms with Gasteiger partial charge in [-0.25, -0.2) is 4.98 Å². The molecule has 1 aromatic rings.